The molecular weight excluding hydrogens is 326 g/mol. The molecule has 0 atom stereocenters. The molecule has 0 bridgehead atoms. The molecule has 1 N–H and O–H groups in total. The molecule has 0 saturated heterocycles. The number of rotatable bonds is 3. The van der Waals surface area contributed by atoms with Gasteiger partial charge in [0.05, 0.1) is 24.6 Å². The van der Waals surface area contributed by atoms with Gasteiger partial charge in [0.15, 0.2) is 10.8 Å². The fourth-order valence-electron chi connectivity index (χ4n) is 2.39. The number of pyridine rings is 1. The van der Waals surface area contributed by atoms with Crippen LogP contribution >= 0.6 is 11.3 Å². The van der Waals surface area contributed by atoms with Crippen molar-refractivity contribution in [1.29, 1.82) is 0 Å². The lowest BCUT2D eigenvalue weighted by Gasteiger charge is -2.14. The van der Waals surface area contributed by atoms with Gasteiger partial charge in [-0.1, -0.05) is 0 Å². The summed E-state index contributed by atoms with van der Waals surface area (Å²) in [6, 6.07) is 5.49. The number of thiazole rings is 1. The van der Waals surface area contributed by atoms with Crippen LogP contribution in [0.15, 0.2) is 36.0 Å². The molecule has 1 amide bonds. The van der Waals surface area contributed by atoms with Gasteiger partial charge in [-0.2, -0.15) is 5.10 Å². The van der Waals surface area contributed by atoms with E-state index in [0.717, 1.165) is 28.9 Å². The zero-order chi connectivity index (χ0) is 16.4. The van der Waals surface area contributed by atoms with Crippen molar-refractivity contribution in [2.75, 3.05) is 11.9 Å². The van der Waals surface area contributed by atoms with E-state index in [4.69, 9.17) is 4.74 Å². The maximum absolute atomic E-state index is 12.3. The standard InChI is InChI=1S/C16H13N5O2S/c22-15(13-6-11-8-23-5-3-12(11)20-21-13)19-16-18-14(9-24-16)10-2-1-4-17-7-10/h1-2,4,6-7,9H,3,5,8H2,(H,18,19,22). The molecule has 8 heteroatoms. The van der Waals surface area contributed by atoms with E-state index >= 15 is 0 Å². The molecule has 0 saturated carbocycles. The quantitative estimate of drug-likeness (QED) is 0.787. The molecule has 4 rings (SSSR count). The van der Waals surface area contributed by atoms with Gasteiger partial charge in [0.25, 0.3) is 5.91 Å². The van der Waals surface area contributed by atoms with Gasteiger partial charge >= 0.3 is 0 Å². The van der Waals surface area contributed by atoms with Gasteiger partial charge in [0.2, 0.25) is 0 Å². The van der Waals surface area contributed by atoms with Gasteiger partial charge in [0.1, 0.15) is 0 Å². The third kappa shape index (κ3) is 3.01. The number of carbonyl (C=O) groups is 1. The van der Waals surface area contributed by atoms with E-state index in [0.29, 0.717) is 18.3 Å². The van der Waals surface area contributed by atoms with Crippen LogP contribution in [0.25, 0.3) is 11.3 Å². The fourth-order valence-corrected chi connectivity index (χ4v) is 3.11. The monoisotopic (exact) mass is 339 g/mol. The molecule has 24 heavy (non-hydrogen) atoms. The van der Waals surface area contributed by atoms with Crippen molar-refractivity contribution in [2.45, 2.75) is 13.0 Å². The maximum Gasteiger partial charge on any atom is 0.277 e. The average molecular weight is 339 g/mol. The highest BCUT2D eigenvalue weighted by molar-refractivity contribution is 7.14. The molecule has 0 fully saturated rings. The van der Waals surface area contributed by atoms with Crippen molar-refractivity contribution in [2.24, 2.45) is 0 Å². The normalized spacial score (nSPS) is 13.3. The SMILES string of the molecule is O=C(Nc1nc(-c2cccnc2)cs1)c1cc2c(nn1)CCOC2. The first-order valence-corrected chi connectivity index (χ1v) is 8.28. The smallest absolute Gasteiger partial charge is 0.277 e. The van der Waals surface area contributed by atoms with E-state index in [2.05, 4.69) is 25.5 Å². The first kappa shape index (κ1) is 14.9. The lowest BCUT2D eigenvalue weighted by Crippen LogP contribution is -2.19. The van der Waals surface area contributed by atoms with Gasteiger partial charge in [-0.3, -0.25) is 15.1 Å². The molecule has 0 spiro atoms. The van der Waals surface area contributed by atoms with Crippen LogP contribution in [-0.4, -0.2) is 32.7 Å². The zero-order valence-electron chi connectivity index (χ0n) is 12.6. The Hall–Kier alpha value is -2.71. The van der Waals surface area contributed by atoms with Crippen LogP contribution in [0.5, 0.6) is 0 Å². The number of ether oxygens (including phenoxy) is 1. The van der Waals surface area contributed by atoms with Gasteiger partial charge in [-0.25, -0.2) is 4.98 Å². The number of anilines is 1. The first-order chi connectivity index (χ1) is 11.8. The number of hydrogen-bond acceptors (Lipinski definition) is 7. The molecule has 1 aliphatic rings. The number of nitrogens with one attached hydrogen (secondary N) is 1. The lowest BCUT2D eigenvalue weighted by atomic mass is 10.1. The summed E-state index contributed by atoms with van der Waals surface area (Å²) in [4.78, 5) is 20.8. The highest BCUT2D eigenvalue weighted by Crippen LogP contribution is 2.24. The number of carbonyl (C=O) groups excluding carboxylic acids is 1. The summed E-state index contributed by atoms with van der Waals surface area (Å²) >= 11 is 1.35. The predicted molar refractivity (Wildman–Crippen MR) is 88.7 cm³/mol. The molecule has 120 valence electrons. The summed E-state index contributed by atoms with van der Waals surface area (Å²) in [6.45, 7) is 1.11. The first-order valence-electron chi connectivity index (χ1n) is 7.40. The Morgan fingerprint density at radius 3 is 3.17 bits per heavy atom. The summed E-state index contributed by atoms with van der Waals surface area (Å²) in [5, 5.41) is 13.3. The summed E-state index contributed by atoms with van der Waals surface area (Å²) in [6.07, 6.45) is 4.16. The van der Waals surface area contributed by atoms with E-state index in [1.807, 2.05) is 17.5 Å². The highest BCUT2D eigenvalue weighted by atomic mass is 32.1. The summed E-state index contributed by atoms with van der Waals surface area (Å²) < 4.78 is 5.39. The molecule has 1 aliphatic heterocycles. The van der Waals surface area contributed by atoms with Gasteiger partial charge < -0.3 is 4.74 Å². The van der Waals surface area contributed by atoms with Crippen LogP contribution in [0.1, 0.15) is 21.7 Å². The van der Waals surface area contributed by atoms with E-state index in [1.54, 1.807) is 18.5 Å². The van der Waals surface area contributed by atoms with E-state index in [1.165, 1.54) is 11.3 Å². The zero-order valence-corrected chi connectivity index (χ0v) is 13.4. The maximum atomic E-state index is 12.3. The Labute approximate surface area is 141 Å². The van der Waals surface area contributed by atoms with Gasteiger partial charge in [0, 0.05) is 35.3 Å². The van der Waals surface area contributed by atoms with E-state index < -0.39 is 0 Å². The van der Waals surface area contributed by atoms with E-state index in [9.17, 15) is 4.79 Å². The third-order valence-electron chi connectivity index (χ3n) is 3.62. The van der Waals surface area contributed by atoms with Gasteiger partial charge in [-0.05, 0) is 18.2 Å². The second-order valence-corrected chi connectivity index (χ2v) is 6.10. The number of fused-ring (bicyclic) bond motifs is 1. The Kier molecular flexibility index (Phi) is 3.97. The Bertz CT molecular complexity index is 881. The second-order valence-electron chi connectivity index (χ2n) is 5.24. The van der Waals surface area contributed by atoms with Crippen molar-refractivity contribution in [1.82, 2.24) is 20.2 Å². The number of amides is 1. The van der Waals surface area contributed by atoms with Crippen molar-refractivity contribution >= 4 is 22.4 Å². The summed E-state index contributed by atoms with van der Waals surface area (Å²) in [5.41, 5.74) is 3.74. The van der Waals surface area contributed by atoms with Crippen LogP contribution in [0, 0.1) is 0 Å². The fraction of sp³-hybridized carbons (Fsp3) is 0.188. The molecular formula is C16H13N5O2S. The number of aromatic nitrogens is 4. The van der Waals surface area contributed by atoms with Crippen molar-refractivity contribution in [3.63, 3.8) is 0 Å². The van der Waals surface area contributed by atoms with Crippen LogP contribution in [0.3, 0.4) is 0 Å². The van der Waals surface area contributed by atoms with Crippen molar-refractivity contribution in [3.05, 3.63) is 52.9 Å². The average Bonchev–Trinajstić information content (AvgIpc) is 3.10. The predicted octanol–water partition coefficient (Wildman–Crippen LogP) is 2.32. The molecule has 3 aromatic rings. The minimum atomic E-state index is -0.331. The van der Waals surface area contributed by atoms with Crippen LogP contribution in [0.2, 0.25) is 0 Å². The Balaban J connectivity index is 1.51. The Morgan fingerprint density at radius 2 is 2.29 bits per heavy atom. The molecule has 0 aromatic carbocycles. The highest BCUT2D eigenvalue weighted by Gasteiger charge is 2.17. The van der Waals surface area contributed by atoms with Crippen molar-refractivity contribution in [3.8, 4) is 11.3 Å². The van der Waals surface area contributed by atoms with E-state index in [-0.39, 0.29) is 11.6 Å². The van der Waals surface area contributed by atoms with Crippen molar-refractivity contribution < 1.29 is 9.53 Å². The molecule has 0 unspecified atom stereocenters. The number of nitrogens with zero attached hydrogens (tertiary/aromatic N) is 4. The molecule has 4 heterocycles. The summed E-state index contributed by atoms with van der Waals surface area (Å²) in [7, 11) is 0. The van der Waals surface area contributed by atoms with Gasteiger partial charge in [-0.15, -0.1) is 16.4 Å². The molecule has 0 aliphatic carbocycles. The number of hydrogen-bond donors (Lipinski definition) is 1. The second kappa shape index (κ2) is 6.42. The topological polar surface area (TPSA) is 89.9 Å². The minimum absolute atomic E-state index is 0.261. The third-order valence-corrected chi connectivity index (χ3v) is 4.37. The largest absolute Gasteiger partial charge is 0.376 e. The Morgan fingerprint density at radius 1 is 1.33 bits per heavy atom. The summed E-state index contributed by atoms with van der Waals surface area (Å²) in [5.74, 6) is -0.331. The molecule has 3 aromatic heterocycles. The molecule has 7 nitrogen and oxygen atoms in total. The van der Waals surface area contributed by atoms with Crippen LogP contribution in [0.4, 0.5) is 5.13 Å². The van der Waals surface area contributed by atoms with Crippen LogP contribution in [-0.2, 0) is 17.8 Å². The lowest BCUT2D eigenvalue weighted by molar-refractivity contribution is 0.101. The van der Waals surface area contributed by atoms with Crippen LogP contribution < -0.4 is 5.32 Å². The minimum Gasteiger partial charge on any atom is -0.376 e. The molecule has 0 radical (unpaired) electrons.